The Balaban J connectivity index is 1.45. The van der Waals surface area contributed by atoms with E-state index in [1.807, 2.05) is 0 Å². The van der Waals surface area contributed by atoms with E-state index in [1.54, 1.807) is 18.2 Å². The normalized spacial score (nSPS) is 34.8. The van der Waals surface area contributed by atoms with E-state index < -0.39 is 22.2 Å². The summed E-state index contributed by atoms with van der Waals surface area (Å²) in [5.74, 6) is 0.340. The number of primary amides is 1. The van der Waals surface area contributed by atoms with E-state index >= 15 is 0 Å². The van der Waals surface area contributed by atoms with Crippen LogP contribution in [-0.2, 0) is 20.9 Å². The Kier molecular flexibility index (Phi) is 5.95. The summed E-state index contributed by atoms with van der Waals surface area (Å²) >= 11 is 9.84. The van der Waals surface area contributed by atoms with Crippen LogP contribution in [0.5, 0.6) is 0 Å². The van der Waals surface area contributed by atoms with Gasteiger partial charge in [-0.25, -0.2) is 0 Å². The minimum atomic E-state index is -2.73. The quantitative estimate of drug-likeness (QED) is 0.565. The van der Waals surface area contributed by atoms with Gasteiger partial charge in [0.15, 0.2) is 0 Å². The predicted molar refractivity (Wildman–Crippen MR) is 126 cm³/mol. The number of nitrogens with one attached hydrogen (secondary N) is 1. The monoisotopic (exact) mass is 512 g/mol. The predicted octanol–water partition coefficient (Wildman–Crippen LogP) is 3.70. The van der Waals surface area contributed by atoms with Gasteiger partial charge in [-0.05, 0) is 74.8 Å². The maximum Gasteiger partial charge on any atom is 0.247 e. The van der Waals surface area contributed by atoms with Gasteiger partial charge in [0.25, 0.3) is 0 Å². The molecule has 3 N–H and O–H groups in total. The zero-order chi connectivity index (χ0) is 23.5. The molecule has 1 aromatic carbocycles. The highest BCUT2D eigenvalue weighted by Gasteiger charge is 2.59. The third-order valence-electron chi connectivity index (χ3n) is 8.63. The third-order valence-corrected chi connectivity index (χ3v) is 10.3. The average molecular weight is 513 g/mol. The molecule has 3 atom stereocenters. The number of hydrogen-bond donors (Lipinski definition) is 2. The first kappa shape index (κ1) is 23.4. The number of nitrogens with zero attached hydrogens (tertiary/aromatic N) is 1. The fourth-order valence-corrected chi connectivity index (χ4v) is 8.73. The van der Waals surface area contributed by atoms with Crippen molar-refractivity contribution in [2.45, 2.75) is 69.4 Å². The Morgan fingerprint density at radius 1 is 1.12 bits per heavy atom. The number of carbonyl (C=O) groups is 2. The molecular formula is C23H28Cl2N3O4S-. The topological polar surface area (TPSA) is 116 Å². The molecule has 4 bridgehead atoms. The SMILES string of the molecule is NC(=O)C12CC3CC(C1)C(NC(=O)C1(N(c4cccc(Cl)c4Cl)S(=O)[O-])CCCC1)C(C3)C2. The lowest BCUT2D eigenvalue weighted by Crippen LogP contribution is -2.66. The number of rotatable bonds is 6. The van der Waals surface area contributed by atoms with Crippen molar-refractivity contribution >= 4 is 52.0 Å². The summed E-state index contributed by atoms with van der Waals surface area (Å²) in [5.41, 5.74) is 4.32. The number of amides is 2. The van der Waals surface area contributed by atoms with E-state index in [4.69, 9.17) is 28.9 Å². The third kappa shape index (κ3) is 3.68. The van der Waals surface area contributed by atoms with E-state index in [0.29, 0.717) is 31.6 Å². The molecule has 0 radical (unpaired) electrons. The van der Waals surface area contributed by atoms with Crippen LogP contribution in [-0.4, -0.2) is 32.2 Å². The van der Waals surface area contributed by atoms with Crippen LogP contribution < -0.4 is 15.4 Å². The molecule has 2 amide bonds. The molecule has 5 saturated carbocycles. The number of anilines is 1. The molecule has 7 nitrogen and oxygen atoms in total. The van der Waals surface area contributed by atoms with Crippen LogP contribution >= 0.6 is 23.2 Å². The summed E-state index contributed by atoms with van der Waals surface area (Å²) in [7, 11) is 0. The van der Waals surface area contributed by atoms with Gasteiger partial charge in [-0.3, -0.25) is 18.1 Å². The number of benzene rings is 1. The molecule has 5 aliphatic carbocycles. The van der Waals surface area contributed by atoms with E-state index in [-0.39, 0.29) is 45.4 Å². The second-order valence-corrected chi connectivity index (χ2v) is 12.0. The molecular weight excluding hydrogens is 485 g/mol. The van der Waals surface area contributed by atoms with Crippen molar-refractivity contribution in [1.82, 2.24) is 5.32 Å². The van der Waals surface area contributed by atoms with Crippen LogP contribution in [0.2, 0.25) is 10.0 Å². The highest BCUT2D eigenvalue weighted by molar-refractivity contribution is 7.80. The Morgan fingerprint density at radius 3 is 2.33 bits per heavy atom. The molecule has 3 unspecified atom stereocenters. The molecule has 0 aromatic heterocycles. The lowest BCUT2D eigenvalue weighted by molar-refractivity contribution is -0.148. The van der Waals surface area contributed by atoms with Crippen molar-refractivity contribution in [1.29, 1.82) is 0 Å². The molecule has 0 saturated heterocycles. The van der Waals surface area contributed by atoms with Crippen molar-refractivity contribution in [2.24, 2.45) is 28.9 Å². The first-order chi connectivity index (χ1) is 15.7. The number of carbonyl (C=O) groups excluding carboxylic acids is 2. The van der Waals surface area contributed by atoms with Gasteiger partial charge in [0.1, 0.15) is 5.54 Å². The fraction of sp³-hybridized carbons (Fsp3) is 0.652. The van der Waals surface area contributed by atoms with Gasteiger partial charge in [0, 0.05) is 22.7 Å². The lowest BCUT2D eigenvalue weighted by Gasteiger charge is -2.59. The standard InChI is InChI=1S/C23H29Cl2N3O4S/c24-16-4-3-5-17(18(16)25)28(33(31)32)23(6-1-2-7-23)21(30)27-19-14-8-13-9-15(19)12-22(10-13,11-14)20(26)29/h3-5,13-15,19H,1-2,6-12H2,(H2,26,29)(H,27,30)(H,31,32)/p-1. The fourth-order valence-electron chi connectivity index (χ4n) is 7.43. The van der Waals surface area contributed by atoms with Crippen LogP contribution in [0.4, 0.5) is 5.69 Å². The summed E-state index contributed by atoms with van der Waals surface area (Å²) in [6.07, 6.45) is 6.50. The molecule has 10 heteroatoms. The summed E-state index contributed by atoms with van der Waals surface area (Å²) in [4.78, 5) is 26.2. The minimum Gasteiger partial charge on any atom is -0.755 e. The van der Waals surface area contributed by atoms with E-state index in [0.717, 1.165) is 36.4 Å². The zero-order valence-electron chi connectivity index (χ0n) is 18.2. The van der Waals surface area contributed by atoms with Gasteiger partial charge in [0.2, 0.25) is 11.8 Å². The summed E-state index contributed by atoms with van der Waals surface area (Å²) in [6.45, 7) is 0. The number of halogens is 2. The maximum absolute atomic E-state index is 13.9. The van der Waals surface area contributed by atoms with Crippen molar-refractivity contribution in [3.8, 4) is 0 Å². The van der Waals surface area contributed by atoms with Gasteiger partial charge in [-0.2, -0.15) is 0 Å². The van der Waals surface area contributed by atoms with Crippen LogP contribution in [0.15, 0.2) is 18.2 Å². The minimum absolute atomic E-state index is 0.0734. The lowest BCUT2D eigenvalue weighted by atomic mass is 9.47. The van der Waals surface area contributed by atoms with Crippen LogP contribution in [0.3, 0.4) is 0 Å². The Bertz CT molecular complexity index is 999. The molecule has 180 valence electrons. The maximum atomic E-state index is 13.9. The molecule has 0 spiro atoms. The summed E-state index contributed by atoms with van der Waals surface area (Å²) in [6, 6.07) is 4.72. The van der Waals surface area contributed by atoms with Gasteiger partial charge in [0.05, 0.1) is 15.7 Å². The van der Waals surface area contributed by atoms with Crippen LogP contribution in [0.25, 0.3) is 0 Å². The average Bonchev–Trinajstić information content (AvgIpc) is 3.24. The second kappa shape index (κ2) is 8.40. The van der Waals surface area contributed by atoms with Crippen LogP contribution in [0, 0.1) is 23.2 Å². The smallest absolute Gasteiger partial charge is 0.247 e. The molecule has 6 rings (SSSR count). The Morgan fingerprint density at radius 2 is 1.76 bits per heavy atom. The summed E-state index contributed by atoms with van der Waals surface area (Å²) in [5, 5.41) is 3.60. The number of hydrogen-bond acceptors (Lipinski definition) is 4. The van der Waals surface area contributed by atoms with Crippen molar-refractivity contribution < 1.29 is 18.4 Å². The number of nitrogens with two attached hydrogens (primary N) is 1. The van der Waals surface area contributed by atoms with Gasteiger partial charge < -0.3 is 15.6 Å². The molecule has 33 heavy (non-hydrogen) atoms. The van der Waals surface area contributed by atoms with Crippen molar-refractivity contribution in [2.75, 3.05) is 4.31 Å². The molecule has 0 aliphatic heterocycles. The highest BCUT2D eigenvalue weighted by atomic mass is 35.5. The Labute approximate surface area is 206 Å². The van der Waals surface area contributed by atoms with E-state index in [2.05, 4.69) is 5.32 Å². The van der Waals surface area contributed by atoms with Gasteiger partial charge in [-0.1, -0.05) is 42.1 Å². The van der Waals surface area contributed by atoms with Crippen molar-refractivity contribution in [3.05, 3.63) is 28.2 Å². The van der Waals surface area contributed by atoms with Crippen LogP contribution in [0.1, 0.15) is 57.8 Å². The summed E-state index contributed by atoms with van der Waals surface area (Å²) < 4.78 is 26.1. The molecule has 5 fully saturated rings. The molecule has 5 aliphatic rings. The van der Waals surface area contributed by atoms with E-state index in [9.17, 15) is 18.4 Å². The largest absolute Gasteiger partial charge is 0.755 e. The first-order valence-electron chi connectivity index (χ1n) is 11.6. The van der Waals surface area contributed by atoms with Crippen molar-refractivity contribution in [3.63, 3.8) is 0 Å². The van der Waals surface area contributed by atoms with E-state index in [1.165, 1.54) is 0 Å². The van der Waals surface area contributed by atoms with Gasteiger partial charge >= 0.3 is 0 Å². The second-order valence-electron chi connectivity index (χ2n) is 10.4. The zero-order valence-corrected chi connectivity index (χ0v) is 20.6. The molecule has 1 aromatic rings. The first-order valence-corrected chi connectivity index (χ1v) is 13.4. The highest BCUT2D eigenvalue weighted by Crippen LogP contribution is 2.60. The van der Waals surface area contributed by atoms with Gasteiger partial charge in [-0.15, -0.1) is 0 Å². The Hall–Kier alpha value is -1.35. The molecule has 0 heterocycles.